The number of sulfonamides is 1. The highest BCUT2D eigenvalue weighted by molar-refractivity contribution is 7.89. The van der Waals surface area contributed by atoms with E-state index in [0.717, 1.165) is 37.0 Å². The van der Waals surface area contributed by atoms with Gasteiger partial charge in [-0.3, -0.25) is 4.79 Å². The van der Waals surface area contributed by atoms with E-state index in [2.05, 4.69) is 23.7 Å². The number of rotatable bonds is 6. The van der Waals surface area contributed by atoms with E-state index in [4.69, 9.17) is 0 Å². The van der Waals surface area contributed by atoms with Gasteiger partial charge in [0.1, 0.15) is 4.88 Å². The number of carbonyl (C=O) groups excluding carboxylic acids is 1. The highest BCUT2D eigenvalue weighted by atomic mass is 32.2. The number of aromatic nitrogens is 1. The molecule has 2 aromatic heterocycles. The molecule has 10 heteroatoms. The lowest BCUT2D eigenvalue weighted by Crippen LogP contribution is -2.51. The van der Waals surface area contributed by atoms with Gasteiger partial charge in [-0.1, -0.05) is 24.8 Å². The van der Waals surface area contributed by atoms with Crippen LogP contribution in [0.5, 0.6) is 0 Å². The fourth-order valence-corrected chi connectivity index (χ4v) is 7.44. The van der Waals surface area contributed by atoms with E-state index >= 15 is 0 Å². The first kappa shape index (κ1) is 29.2. The lowest BCUT2D eigenvalue weighted by Gasteiger charge is -2.40. The number of carboxylic acids is 1. The van der Waals surface area contributed by atoms with Crippen LogP contribution in [0.1, 0.15) is 80.8 Å². The minimum Gasteiger partial charge on any atom is -0.477 e. The van der Waals surface area contributed by atoms with Gasteiger partial charge in [0.2, 0.25) is 5.91 Å². The van der Waals surface area contributed by atoms with Gasteiger partial charge in [-0.25, -0.2) is 18.2 Å². The summed E-state index contributed by atoms with van der Waals surface area (Å²) in [5.74, 6) is 5.49. The summed E-state index contributed by atoms with van der Waals surface area (Å²) in [6.07, 6.45) is 5.72. The zero-order valence-corrected chi connectivity index (χ0v) is 24.6. The minimum absolute atomic E-state index is 0.000713. The van der Waals surface area contributed by atoms with Gasteiger partial charge in [0.15, 0.2) is 5.03 Å². The Balaban J connectivity index is 1.66. The minimum atomic E-state index is -3.75. The molecule has 3 heterocycles. The molecule has 1 aliphatic heterocycles. The van der Waals surface area contributed by atoms with Crippen LogP contribution in [0.4, 0.5) is 5.69 Å². The van der Waals surface area contributed by atoms with Crippen LogP contribution in [-0.2, 0) is 14.8 Å². The lowest BCUT2D eigenvalue weighted by molar-refractivity contribution is -0.124. The van der Waals surface area contributed by atoms with Crippen molar-refractivity contribution in [1.82, 2.24) is 9.29 Å². The number of piperidine rings is 1. The van der Waals surface area contributed by atoms with Gasteiger partial charge >= 0.3 is 5.97 Å². The first-order chi connectivity index (χ1) is 18.4. The average Bonchev–Trinajstić information content (AvgIpc) is 3.33. The van der Waals surface area contributed by atoms with Crippen molar-refractivity contribution in [2.75, 3.05) is 18.0 Å². The van der Waals surface area contributed by atoms with Crippen molar-refractivity contribution in [1.29, 1.82) is 0 Å². The molecule has 8 nitrogen and oxygen atoms in total. The maximum Gasteiger partial charge on any atom is 0.348 e. The molecule has 4 rings (SSSR count). The Labute approximate surface area is 235 Å². The van der Waals surface area contributed by atoms with Crippen molar-refractivity contribution in [2.24, 2.45) is 17.3 Å². The Morgan fingerprint density at radius 3 is 2.33 bits per heavy atom. The molecule has 0 radical (unpaired) electrons. The summed E-state index contributed by atoms with van der Waals surface area (Å²) in [5, 5.41) is 10.1. The maximum absolute atomic E-state index is 14.1. The molecule has 1 N–H and O–H groups in total. The molecule has 210 valence electrons. The Bertz CT molecular complexity index is 1350. The quantitative estimate of drug-likeness (QED) is 0.475. The largest absolute Gasteiger partial charge is 0.477 e. The van der Waals surface area contributed by atoms with Crippen molar-refractivity contribution in [3.8, 4) is 11.8 Å². The highest BCUT2D eigenvalue weighted by Crippen LogP contribution is 2.38. The molecule has 1 saturated carbocycles. The number of nitrogens with zero attached hydrogens (tertiary/aromatic N) is 3. The van der Waals surface area contributed by atoms with Crippen LogP contribution in [0.15, 0.2) is 35.5 Å². The first-order valence-corrected chi connectivity index (χ1v) is 15.8. The highest BCUT2D eigenvalue weighted by Gasteiger charge is 2.39. The summed E-state index contributed by atoms with van der Waals surface area (Å²) in [5.41, 5.74) is 0.119. The third-order valence-corrected chi connectivity index (χ3v) is 10.2. The Morgan fingerprint density at radius 1 is 1.10 bits per heavy atom. The zero-order chi connectivity index (χ0) is 28.4. The van der Waals surface area contributed by atoms with Gasteiger partial charge in [0.25, 0.3) is 10.0 Å². The molecule has 2 aromatic rings. The number of anilines is 1. The van der Waals surface area contributed by atoms with Crippen LogP contribution >= 0.6 is 11.3 Å². The van der Waals surface area contributed by atoms with Crippen molar-refractivity contribution in [3.63, 3.8) is 0 Å². The van der Waals surface area contributed by atoms with E-state index in [1.807, 2.05) is 20.8 Å². The van der Waals surface area contributed by atoms with E-state index < -0.39 is 16.0 Å². The molecular formula is C29H37N3O5S2. The predicted molar refractivity (Wildman–Crippen MR) is 152 cm³/mol. The summed E-state index contributed by atoms with van der Waals surface area (Å²) in [4.78, 5) is 32.8. The number of carbonyl (C=O) groups is 2. The Hall–Kier alpha value is -2.74. The maximum atomic E-state index is 14.1. The molecule has 1 saturated heterocycles. The van der Waals surface area contributed by atoms with Gasteiger partial charge in [-0.15, -0.1) is 11.3 Å². The van der Waals surface area contributed by atoms with Gasteiger partial charge in [-0.05, 0) is 83.4 Å². The third kappa shape index (κ3) is 6.89. The SMILES string of the molecule is CC(C)(C)C#Cc1cc(N(C(=O)[C@H]2CC[C@H](C)CC2)C2CCN(S(=O)(=O)c3ccccn3)CC2)c(C(=O)O)s1. The van der Waals surface area contributed by atoms with Crippen LogP contribution < -0.4 is 4.90 Å². The fraction of sp³-hybridized carbons (Fsp3) is 0.552. The molecule has 0 aromatic carbocycles. The van der Waals surface area contributed by atoms with Gasteiger partial charge < -0.3 is 10.0 Å². The van der Waals surface area contributed by atoms with Crippen LogP contribution in [0, 0.1) is 29.1 Å². The Kier molecular flexibility index (Phi) is 8.84. The zero-order valence-electron chi connectivity index (χ0n) is 23.0. The van der Waals surface area contributed by atoms with Crippen LogP contribution in [0.25, 0.3) is 0 Å². The second kappa shape index (κ2) is 11.8. The second-order valence-corrected chi connectivity index (χ2v) is 14.5. The van der Waals surface area contributed by atoms with E-state index in [-0.39, 0.29) is 46.3 Å². The molecule has 2 aliphatic rings. The number of aromatic carboxylic acids is 1. The summed E-state index contributed by atoms with van der Waals surface area (Å²) in [7, 11) is -3.75. The normalized spacial score (nSPS) is 21.1. The molecule has 1 aliphatic carbocycles. The third-order valence-electron chi connectivity index (χ3n) is 7.36. The number of amides is 1. The van der Waals surface area contributed by atoms with Crippen molar-refractivity contribution < 1.29 is 23.1 Å². The Morgan fingerprint density at radius 2 is 1.77 bits per heavy atom. The van der Waals surface area contributed by atoms with E-state index in [0.29, 0.717) is 29.3 Å². The molecule has 2 fully saturated rings. The monoisotopic (exact) mass is 571 g/mol. The number of pyridine rings is 1. The summed E-state index contributed by atoms with van der Waals surface area (Å²) >= 11 is 1.09. The molecule has 0 unspecified atom stereocenters. The molecule has 1 amide bonds. The fourth-order valence-electron chi connectivity index (χ4n) is 5.20. The average molecular weight is 572 g/mol. The van der Waals surface area contributed by atoms with Crippen molar-refractivity contribution >= 4 is 38.9 Å². The second-order valence-electron chi connectivity index (χ2n) is 11.6. The molecule has 39 heavy (non-hydrogen) atoms. The molecule has 0 spiro atoms. The summed E-state index contributed by atoms with van der Waals surface area (Å²) in [6, 6.07) is 6.20. The van der Waals surface area contributed by atoms with Crippen molar-refractivity contribution in [3.05, 3.63) is 40.2 Å². The number of carboxylic acid groups (broad SMARTS) is 1. The first-order valence-electron chi connectivity index (χ1n) is 13.5. The number of hydrogen-bond donors (Lipinski definition) is 1. The topological polar surface area (TPSA) is 108 Å². The molecule has 0 atom stereocenters. The van der Waals surface area contributed by atoms with Gasteiger partial charge in [-0.2, -0.15) is 4.31 Å². The smallest absolute Gasteiger partial charge is 0.348 e. The number of thiophene rings is 1. The van der Waals surface area contributed by atoms with E-state index in [1.54, 1.807) is 23.1 Å². The van der Waals surface area contributed by atoms with E-state index in [1.165, 1.54) is 16.6 Å². The molecular weight excluding hydrogens is 534 g/mol. The van der Waals surface area contributed by atoms with Crippen LogP contribution in [-0.4, -0.2) is 53.8 Å². The lowest BCUT2D eigenvalue weighted by atomic mass is 9.82. The van der Waals surface area contributed by atoms with Crippen molar-refractivity contribution in [2.45, 2.75) is 77.3 Å². The van der Waals surface area contributed by atoms with Crippen LogP contribution in [0.2, 0.25) is 0 Å². The predicted octanol–water partition coefficient (Wildman–Crippen LogP) is 5.25. The van der Waals surface area contributed by atoms with Crippen LogP contribution in [0.3, 0.4) is 0 Å². The van der Waals surface area contributed by atoms with Gasteiger partial charge in [0, 0.05) is 36.7 Å². The van der Waals surface area contributed by atoms with E-state index in [9.17, 15) is 23.1 Å². The summed E-state index contributed by atoms with van der Waals surface area (Å²) in [6.45, 7) is 8.59. The number of hydrogen-bond acceptors (Lipinski definition) is 6. The molecule has 0 bridgehead atoms. The summed E-state index contributed by atoms with van der Waals surface area (Å²) < 4.78 is 27.7. The van der Waals surface area contributed by atoms with Gasteiger partial charge in [0.05, 0.1) is 10.6 Å². The standard InChI is InChI=1S/C29H37N3O5S2/c1-20-8-10-21(11-9-20)27(33)32(24-19-23(12-15-29(2,3)4)38-26(24)28(34)35)22-13-17-31(18-14-22)39(36,37)25-7-5-6-16-30-25/h5-7,16,19-22H,8-11,13-14,17-18H2,1-4H3,(H,34,35)/t20-,21-.